The zero-order chi connectivity index (χ0) is 6.41. The molecule has 50 valence electrons. The van der Waals surface area contributed by atoms with Crippen LogP contribution in [0.4, 0.5) is 9.05 Å². The molecule has 0 aliphatic carbocycles. The fourth-order valence-corrected chi connectivity index (χ4v) is 0.468. The summed E-state index contributed by atoms with van der Waals surface area (Å²) in [7, 11) is -2.39. The lowest BCUT2D eigenvalue weighted by atomic mass is 10.9. The summed E-state index contributed by atoms with van der Waals surface area (Å²) in [5, 5.41) is 0. The minimum absolute atomic E-state index is 0.152. The molecule has 0 fully saturated rings. The quantitative estimate of drug-likeness (QED) is 0.568. The van der Waals surface area contributed by atoms with E-state index in [-0.39, 0.29) is 6.61 Å². The molecule has 0 spiro atoms. The molecule has 3 nitrogen and oxygen atoms in total. The molecule has 0 aromatic heterocycles. The molecule has 0 aromatic rings. The van der Waals surface area contributed by atoms with Crippen molar-refractivity contribution >= 4 is 8.60 Å². The number of halogens is 2. The molecule has 0 N–H and O–H groups in total. The average Bonchev–Trinajstić information content (AvgIpc) is 1.83. The minimum atomic E-state index is -2.39. The fraction of sp³-hybridized carbons (Fsp3) is 1.00. The summed E-state index contributed by atoms with van der Waals surface area (Å²) in [6.45, 7) is 1.72. The Bertz CT molecular complexity index is 50.5. The highest BCUT2D eigenvalue weighted by molar-refractivity contribution is 7.41. The first kappa shape index (κ1) is 8.17. The van der Waals surface area contributed by atoms with Crippen molar-refractivity contribution in [3.63, 3.8) is 0 Å². The molecule has 0 unspecified atom stereocenters. The molecule has 0 heterocycles. The van der Waals surface area contributed by atoms with Gasteiger partial charge in [0.2, 0.25) is 0 Å². The lowest BCUT2D eigenvalue weighted by Gasteiger charge is -2.00. The summed E-state index contributed by atoms with van der Waals surface area (Å²) < 4.78 is 31.7. The van der Waals surface area contributed by atoms with Crippen molar-refractivity contribution in [2.75, 3.05) is 6.61 Å². The van der Waals surface area contributed by atoms with Crippen LogP contribution in [0, 0.1) is 0 Å². The van der Waals surface area contributed by atoms with Crippen LogP contribution < -0.4 is 0 Å². The molecule has 0 rings (SSSR count). The standard InChI is InChI=1S/C2H5F2O3P/c1-2-5-8(6-3)7-4/h2H2,1H3. The van der Waals surface area contributed by atoms with Crippen LogP contribution in [0.2, 0.25) is 0 Å². The molecule has 0 saturated heterocycles. The van der Waals surface area contributed by atoms with Gasteiger partial charge < -0.3 is 4.52 Å². The van der Waals surface area contributed by atoms with E-state index >= 15 is 0 Å². The summed E-state index contributed by atoms with van der Waals surface area (Å²) in [5.74, 6) is 0. The Morgan fingerprint density at radius 3 is 2.00 bits per heavy atom. The van der Waals surface area contributed by atoms with Crippen molar-refractivity contribution < 1.29 is 23.0 Å². The van der Waals surface area contributed by atoms with Crippen LogP contribution in [0.5, 0.6) is 0 Å². The first-order chi connectivity index (χ1) is 3.85. The van der Waals surface area contributed by atoms with Gasteiger partial charge in [0.1, 0.15) is 0 Å². The van der Waals surface area contributed by atoms with E-state index < -0.39 is 8.60 Å². The third-order valence-electron chi connectivity index (χ3n) is 0.347. The molecular formula is C2H5F2O3P. The lowest BCUT2D eigenvalue weighted by Crippen LogP contribution is -1.82. The van der Waals surface area contributed by atoms with E-state index in [1.165, 1.54) is 0 Å². The van der Waals surface area contributed by atoms with E-state index in [1.807, 2.05) is 0 Å². The molecule has 8 heavy (non-hydrogen) atoms. The smallest absolute Gasteiger partial charge is 0.309 e. The molecule has 0 aliphatic heterocycles. The van der Waals surface area contributed by atoms with Crippen LogP contribution in [0.3, 0.4) is 0 Å². The van der Waals surface area contributed by atoms with Gasteiger partial charge in [0.25, 0.3) is 0 Å². The second kappa shape index (κ2) is 5.31. The minimum Gasteiger partial charge on any atom is -0.309 e. The summed E-state index contributed by atoms with van der Waals surface area (Å²) in [6.07, 6.45) is 0. The third kappa shape index (κ3) is 3.21. The number of hydrogen-bond acceptors (Lipinski definition) is 3. The first-order valence-electron chi connectivity index (χ1n) is 1.85. The third-order valence-corrected chi connectivity index (χ3v) is 1.04. The van der Waals surface area contributed by atoms with Gasteiger partial charge in [-0.2, -0.15) is 0 Å². The summed E-state index contributed by atoms with van der Waals surface area (Å²) >= 11 is 0. The predicted octanol–water partition coefficient (Wildman–Crippen LogP) is 2.05. The van der Waals surface area contributed by atoms with Crippen molar-refractivity contribution in [1.82, 2.24) is 0 Å². The van der Waals surface area contributed by atoms with Crippen LogP contribution in [-0.4, -0.2) is 6.61 Å². The highest BCUT2D eigenvalue weighted by Crippen LogP contribution is 2.39. The molecular weight excluding hydrogens is 141 g/mol. The Hall–Kier alpha value is 0.170. The van der Waals surface area contributed by atoms with Gasteiger partial charge in [-0.1, -0.05) is 0 Å². The Balaban J connectivity index is 3.07. The highest BCUT2D eigenvalue weighted by Gasteiger charge is 2.11. The average molecular weight is 146 g/mol. The Labute approximate surface area is 46.3 Å². The van der Waals surface area contributed by atoms with Gasteiger partial charge in [0.05, 0.1) is 6.61 Å². The fourth-order valence-electron chi connectivity index (χ4n) is 0.156. The monoisotopic (exact) mass is 146 g/mol. The normalized spacial score (nSPS) is 10.5. The highest BCUT2D eigenvalue weighted by atomic mass is 31.2. The van der Waals surface area contributed by atoms with E-state index in [2.05, 4.69) is 14.0 Å². The molecule has 0 saturated carbocycles. The maximum absolute atomic E-state index is 10.9. The van der Waals surface area contributed by atoms with Crippen LogP contribution >= 0.6 is 8.60 Å². The number of rotatable bonds is 4. The second-order valence-electron chi connectivity index (χ2n) is 0.779. The first-order valence-corrected chi connectivity index (χ1v) is 2.95. The van der Waals surface area contributed by atoms with E-state index in [0.29, 0.717) is 0 Å². The van der Waals surface area contributed by atoms with Gasteiger partial charge in [-0.25, -0.2) is 0 Å². The van der Waals surface area contributed by atoms with Crippen LogP contribution in [0.25, 0.3) is 0 Å². The summed E-state index contributed by atoms with van der Waals surface area (Å²) in [6, 6.07) is 0. The second-order valence-corrected chi connectivity index (χ2v) is 1.76. The number of hydrogen-bond donors (Lipinski definition) is 0. The van der Waals surface area contributed by atoms with Gasteiger partial charge in [-0.15, -0.1) is 9.46 Å². The zero-order valence-electron chi connectivity index (χ0n) is 4.13. The Morgan fingerprint density at radius 1 is 1.38 bits per heavy atom. The largest absolute Gasteiger partial charge is 0.403 e. The van der Waals surface area contributed by atoms with E-state index in [1.54, 1.807) is 6.92 Å². The van der Waals surface area contributed by atoms with E-state index in [9.17, 15) is 9.05 Å². The summed E-state index contributed by atoms with van der Waals surface area (Å²) in [4.78, 5) is 0. The maximum atomic E-state index is 10.9. The lowest BCUT2D eigenvalue weighted by molar-refractivity contribution is -0.0950. The van der Waals surface area contributed by atoms with Gasteiger partial charge in [-0.3, -0.25) is 0 Å². The van der Waals surface area contributed by atoms with Crippen LogP contribution in [0.15, 0.2) is 0 Å². The maximum Gasteiger partial charge on any atom is 0.403 e. The van der Waals surface area contributed by atoms with Crippen LogP contribution in [0.1, 0.15) is 6.92 Å². The molecule has 0 bridgehead atoms. The van der Waals surface area contributed by atoms with E-state index in [4.69, 9.17) is 0 Å². The Kier molecular flexibility index (Phi) is 5.42. The Morgan fingerprint density at radius 2 is 1.88 bits per heavy atom. The van der Waals surface area contributed by atoms with Crippen molar-refractivity contribution in [3.8, 4) is 0 Å². The molecule has 0 aromatic carbocycles. The molecule has 0 atom stereocenters. The topological polar surface area (TPSA) is 27.7 Å². The van der Waals surface area contributed by atoms with Crippen molar-refractivity contribution in [2.24, 2.45) is 0 Å². The molecule has 0 aliphatic rings. The van der Waals surface area contributed by atoms with E-state index in [0.717, 1.165) is 0 Å². The SMILES string of the molecule is CCOP(OF)OF. The summed E-state index contributed by atoms with van der Waals surface area (Å²) in [5.41, 5.74) is 0. The zero-order valence-corrected chi connectivity index (χ0v) is 5.03. The molecule has 0 amide bonds. The van der Waals surface area contributed by atoms with Gasteiger partial charge in [0, 0.05) is 0 Å². The molecule has 6 heteroatoms. The van der Waals surface area contributed by atoms with Gasteiger partial charge in [-0.05, 0) is 16.0 Å². The predicted molar refractivity (Wildman–Crippen MR) is 22.9 cm³/mol. The van der Waals surface area contributed by atoms with Crippen molar-refractivity contribution in [1.29, 1.82) is 0 Å². The van der Waals surface area contributed by atoms with Crippen molar-refractivity contribution in [2.45, 2.75) is 6.92 Å². The molecule has 0 radical (unpaired) electrons. The van der Waals surface area contributed by atoms with Crippen molar-refractivity contribution in [3.05, 3.63) is 0 Å². The van der Waals surface area contributed by atoms with Crippen LogP contribution in [-0.2, 0) is 14.0 Å². The van der Waals surface area contributed by atoms with Gasteiger partial charge >= 0.3 is 8.60 Å². The van der Waals surface area contributed by atoms with Gasteiger partial charge in [0.15, 0.2) is 0 Å².